The molecule has 1 unspecified atom stereocenters. The third kappa shape index (κ3) is 2.38. The summed E-state index contributed by atoms with van der Waals surface area (Å²) in [4.78, 5) is 34.3. The number of carbonyl (C=O) groups is 3. The van der Waals surface area contributed by atoms with Gasteiger partial charge in [0.2, 0.25) is 11.8 Å². The Morgan fingerprint density at radius 1 is 1.57 bits per heavy atom. The van der Waals surface area contributed by atoms with Gasteiger partial charge in [-0.15, -0.1) is 0 Å². The molecule has 78 valence electrons. The second-order valence-corrected chi connectivity index (χ2v) is 3.26. The van der Waals surface area contributed by atoms with Crippen molar-refractivity contribution < 1.29 is 14.4 Å². The number of nitrogens with zero attached hydrogens (tertiary/aromatic N) is 1. The zero-order valence-corrected chi connectivity index (χ0v) is 8.16. The Balaban J connectivity index is 2.62. The van der Waals surface area contributed by atoms with Crippen molar-refractivity contribution in [2.75, 3.05) is 13.1 Å². The van der Waals surface area contributed by atoms with Gasteiger partial charge in [-0.2, -0.15) is 0 Å². The molecular weight excluding hydrogens is 184 g/mol. The lowest BCUT2D eigenvalue weighted by Gasteiger charge is -2.32. The molecule has 1 heterocycles. The molecule has 0 bridgehead atoms. The maximum atomic E-state index is 11.3. The third-order valence-electron chi connectivity index (χ3n) is 2.27. The lowest BCUT2D eigenvalue weighted by atomic mass is 10.1. The molecule has 1 N–H and O–H groups in total. The number of rotatable bonds is 4. The molecule has 0 aromatic carbocycles. The average Bonchev–Trinajstić information content (AvgIpc) is 2.14. The number of imide groups is 1. The topological polar surface area (TPSA) is 66.5 Å². The van der Waals surface area contributed by atoms with E-state index < -0.39 is 0 Å². The lowest BCUT2D eigenvalue weighted by Crippen LogP contribution is -2.57. The average molecular weight is 198 g/mol. The fourth-order valence-corrected chi connectivity index (χ4v) is 1.62. The van der Waals surface area contributed by atoms with Gasteiger partial charge in [0.25, 0.3) is 0 Å². The van der Waals surface area contributed by atoms with Gasteiger partial charge in [-0.05, 0) is 6.42 Å². The van der Waals surface area contributed by atoms with Crippen LogP contribution in [0.3, 0.4) is 0 Å². The van der Waals surface area contributed by atoms with Crippen molar-refractivity contribution in [2.45, 2.75) is 25.8 Å². The van der Waals surface area contributed by atoms with Crippen LogP contribution in [-0.2, 0) is 14.4 Å². The predicted molar refractivity (Wildman–Crippen MR) is 49.5 cm³/mol. The minimum absolute atomic E-state index is 0.206. The minimum atomic E-state index is -0.286. The summed E-state index contributed by atoms with van der Waals surface area (Å²) in [6, 6.07) is -0.271. The van der Waals surface area contributed by atoms with Gasteiger partial charge in [0.1, 0.15) is 6.29 Å². The van der Waals surface area contributed by atoms with Crippen LogP contribution < -0.4 is 5.32 Å². The molecule has 1 aliphatic rings. The summed E-state index contributed by atoms with van der Waals surface area (Å²) in [5.41, 5.74) is 0. The van der Waals surface area contributed by atoms with E-state index in [1.165, 1.54) is 0 Å². The van der Waals surface area contributed by atoms with Crippen molar-refractivity contribution >= 4 is 18.1 Å². The Kier molecular flexibility index (Phi) is 3.76. The van der Waals surface area contributed by atoms with E-state index in [9.17, 15) is 14.4 Å². The van der Waals surface area contributed by atoms with E-state index in [0.717, 1.165) is 6.29 Å². The first-order valence-electron chi connectivity index (χ1n) is 4.70. The van der Waals surface area contributed by atoms with Gasteiger partial charge in [0.05, 0.1) is 12.6 Å². The van der Waals surface area contributed by atoms with Gasteiger partial charge in [-0.1, -0.05) is 6.92 Å². The van der Waals surface area contributed by atoms with Crippen molar-refractivity contribution in [3.63, 3.8) is 0 Å². The van der Waals surface area contributed by atoms with Gasteiger partial charge < -0.3 is 4.79 Å². The first-order valence-corrected chi connectivity index (χ1v) is 4.70. The highest BCUT2D eigenvalue weighted by Crippen LogP contribution is 2.08. The van der Waals surface area contributed by atoms with Crippen LogP contribution in [-0.4, -0.2) is 42.1 Å². The molecule has 0 aliphatic carbocycles. The summed E-state index contributed by atoms with van der Waals surface area (Å²) in [6.45, 7) is 2.56. The lowest BCUT2D eigenvalue weighted by molar-refractivity contribution is -0.140. The van der Waals surface area contributed by atoms with Crippen molar-refractivity contribution in [1.29, 1.82) is 0 Å². The molecule has 2 amide bonds. The number of carbonyl (C=O) groups excluding carboxylic acids is 3. The molecule has 1 saturated heterocycles. The maximum absolute atomic E-state index is 11.3. The first kappa shape index (κ1) is 10.8. The number of nitrogens with one attached hydrogen (secondary N) is 1. The van der Waals surface area contributed by atoms with Crippen LogP contribution in [0.4, 0.5) is 0 Å². The largest absolute Gasteiger partial charge is 0.303 e. The SMILES string of the molecule is CCC1C(=O)NC(=O)CN1CCC=O. The van der Waals surface area contributed by atoms with E-state index >= 15 is 0 Å². The van der Waals surface area contributed by atoms with Crippen LogP contribution in [0.2, 0.25) is 0 Å². The summed E-state index contributed by atoms with van der Waals surface area (Å²) in [5.74, 6) is -0.541. The monoisotopic (exact) mass is 198 g/mol. The van der Waals surface area contributed by atoms with Gasteiger partial charge in [-0.3, -0.25) is 19.8 Å². The smallest absolute Gasteiger partial charge is 0.243 e. The molecule has 0 saturated carbocycles. The molecule has 1 aliphatic heterocycles. The molecule has 0 spiro atoms. The highest BCUT2D eigenvalue weighted by atomic mass is 16.2. The van der Waals surface area contributed by atoms with E-state index in [0.29, 0.717) is 19.4 Å². The number of aldehydes is 1. The van der Waals surface area contributed by atoms with E-state index in [4.69, 9.17) is 0 Å². The van der Waals surface area contributed by atoms with E-state index in [1.807, 2.05) is 6.92 Å². The normalized spacial score (nSPS) is 23.4. The van der Waals surface area contributed by atoms with Crippen LogP contribution in [0.25, 0.3) is 0 Å². The quantitative estimate of drug-likeness (QED) is 0.480. The molecule has 5 nitrogen and oxygen atoms in total. The summed E-state index contributed by atoms with van der Waals surface area (Å²) < 4.78 is 0. The Hall–Kier alpha value is -1.23. The van der Waals surface area contributed by atoms with E-state index in [1.54, 1.807) is 4.90 Å². The second kappa shape index (κ2) is 4.85. The van der Waals surface area contributed by atoms with Crippen LogP contribution in [0.5, 0.6) is 0 Å². The number of amides is 2. The summed E-state index contributed by atoms with van der Waals surface area (Å²) in [7, 11) is 0. The van der Waals surface area contributed by atoms with E-state index in [2.05, 4.69) is 5.32 Å². The molecule has 14 heavy (non-hydrogen) atoms. The summed E-state index contributed by atoms with van der Waals surface area (Å²) >= 11 is 0. The Morgan fingerprint density at radius 3 is 2.86 bits per heavy atom. The van der Waals surface area contributed by atoms with Crippen molar-refractivity contribution in [1.82, 2.24) is 10.2 Å². The second-order valence-electron chi connectivity index (χ2n) is 3.26. The van der Waals surface area contributed by atoms with Crippen LogP contribution in [0.15, 0.2) is 0 Å². The van der Waals surface area contributed by atoms with Gasteiger partial charge in [0.15, 0.2) is 0 Å². The summed E-state index contributed by atoms with van der Waals surface area (Å²) in [6.07, 6.45) is 1.80. The van der Waals surface area contributed by atoms with Crippen molar-refractivity contribution in [2.24, 2.45) is 0 Å². The van der Waals surface area contributed by atoms with Gasteiger partial charge >= 0.3 is 0 Å². The highest BCUT2D eigenvalue weighted by molar-refractivity contribution is 6.01. The zero-order valence-electron chi connectivity index (χ0n) is 8.16. The first-order chi connectivity index (χ1) is 6.69. The third-order valence-corrected chi connectivity index (χ3v) is 2.27. The Morgan fingerprint density at radius 2 is 2.29 bits per heavy atom. The fourth-order valence-electron chi connectivity index (χ4n) is 1.62. The molecule has 5 heteroatoms. The molecule has 1 atom stereocenters. The van der Waals surface area contributed by atoms with Gasteiger partial charge in [0, 0.05) is 13.0 Å². The molecule has 0 aromatic heterocycles. The Bertz CT molecular complexity index is 252. The fraction of sp³-hybridized carbons (Fsp3) is 0.667. The Labute approximate surface area is 82.4 Å². The van der Waals surface area contributed by atoms with Crippen LogP contribution in [0.1, 0.15) is 19.8 Å². The zero-order chi connectivity index (χ0) is 10.6. The van der Waals surface area contributed by atoms with Crippen LogP contribution in [0, 0.1) is 0 Å². The van der Waals surface area contributed by atoms with Crippen LogP contribution >= 0.6 is 0 Å². The number of piperazine rings is 1. The molecule has 0 radical (unpaired) electrons. The number of hydrogen-bond acceptors (Lipinski definition) is 4. The highest BCUT2D eigenvalue weighted by Gasteiger charge is 2.31. The molecule has 1 fully saturated rings. The molecule has 0 aromatic rings. The van der Waals surface area contributed by atoms with E-state index in [-0.39, 0.29) is 24.4 Å². The van der Waals surface area contributed by atoms with Gasteiger partial charge in [-0.25, -0.2) is 0 Å². The maximum Gasteiger partial charge on any atom is 0.243 e. The predicted octanol–water partition coefficient (Wildman–Crippen LogP) is -0.688. The molecular formula is C9H14N2O3. The minimum Gasteiger partial charge on any atom is -0.303 e. The summed E-state index contributed by atoms with van der Waals surface area (Å²) in [5, 5.41) is 2.28. The molecule has 1 rings (SSSR count). The standard InChI is InChI=1S/C9H14N2O3/c1-2-7-9(14)10-8(13)6-11(7)4-3-5-12/h5,7H,2-4,6H2,1H3,(H,10,13,14). The number of hydrogen-bond donors (Lipinski definition) is 1. The van der Waals surface area contributed by atoms with Crippen molar-refractivity contribution in [3.8, 4) is 0 Å². The van der Waals surface area contributed by atoms with Crippen molar-refractivity contribution in [3.05, 3.63) is 0 Å².